The lowest BCUT2D eigenvalue weighted by atomic mass is 10.1. The molecule has 3 heterocycles. The molecule has 0 aliphatic carbocycles. The SMILES string of the molecule is COc1ccc(O)c(CN2CCc3nc(-c4cccs4)[nH]c(=O)c3C2)c1. The molecule has 134 valence electrons. The van der Waals surface area contributed by atoms with Crippen LogP contribution >= 0.6 is 11.3 Å². The van der Waals surface area contributed by atoms with E-state index in [9.17, 15) is 9.90 Å². The third-order valence-corrected chi connectivity index (χ3v) is 5.46. The second kappa shape index (κ2) is 6.93. The number of benzene rings is 1. The van der Waals surface area contributed by atoms with Gasteiger partial charge in [-0.25, -0.2) is 4.98 Å². The van der Waals surface area contributed by atoms with Crippen molar-refractivity contribution in [1.29, 1.82) is 0 Å². The molecular formula is C19H19N3O3S. The van der Waals surface area contributed by atoms with Crippen molar-refractivity contribution in [2.45, 2.75) is 19.5 Å². The Labute approximate surface area is 154 Å². The van der Waals surface area contributed by atoms with E-state index in [0.29, 0.717) is 36.6 Å². The number of thiophene rings is 1. The van der Waals surface area contributed by atoms with Gasteiger partial charge in [-0.2, -0.15) is 0 Å². The number of rotatable bonds is 4. The van der Waals surface area contributed by atoms with Crippen LogP contribution < -0.4 is 10.3 Å². The van der Waals surface area contributed by atoms with Crippen molar-refractivity contribution < 1.29 is 9.84 Å². The quantitative estimate of drug-likeness (QED) is 0.739. The first-order chi connectivity index (χ1) is 12.6. The topological polar surface area (TPSA) is 78.5 Å². The number of aromatic nitrogens is 2. The Kier molecular flexibility index (Phi) is 4.48. The lowest BCUT2D eigenvalue weighted by Crippen LogP contribution is -2.35. The average Bonchev–Trinajstić information content (AvgIpc) is 3.18. The molecule has 0 fully saturated rings. The van der Waals surface area contributed by atoms with E-state index in [0.717, 1.165) is 22.7 Å². The van der Waals surface area contributed by atoms with Gasteiger partial charge in [0.25, 0.3) is 5.56 Å². The summed E-state index contributed by atoms with van der Waals surface area (Å²) in [6, 6.07) is 9.09. The molecule has 0 bridgehead atoms. The second-order valence-corrected chi connectivity index (χ2v) is 7.22. The molecule has 0 radical (unpaired) electrons. The molecule has 7 heteroatoms. The lowest BCUT2D eigenvalue weighted by molar-refractivity contribution is 0.238. The molecule has 0 amide bonds. The zero-order valence-electron chi connectivity index (χ0n) is 14.4. The van der Waals surface area contributed by atoms with Crippen molar-refractivity contribution in [3.8, 4) is 22.2 Å². The molecule has 0 unspecified atom stereocenters. The van der Waals surface area contributed by atoms with Crippen LogP contribution in [-0.4, -0.2) is 33.6 Å². The maximum absolute atomic E-state index is 12.6. The predicted octanol–water partition coefficient (Wildman–Crippen LogP) is 2.77. The summed E-state index contributed by atoms with van der Waals surface area (Å²) in [6.45, 7) is 1.84. The molecule has 2 aromatic heterocycles. The molecule has 6 nitrogen and oxygen atoms in total. The number of aromatic amines is 1. The number of nitrogens with zero attached hydrogens (tertiary/aromatic N) is 2. The third-order valence-electron chi connectivity index (χ3n) is 4.58. The first-order valence-corrected chi connectivity index (χ1v) is 9.26. The Morgan fingerprint density at radius 3 is 3.04 bits per heavy atom. The second-order valence-electron chi connectivity index (χ2n) is 6.27. The smallest absolute Gasteiger partial charge is 0.255 e. The number of hydrogen-bond acceptors (Lipinski definition) is 6. The summed E-state index contributed by atoms with van der Waals surface area (Å²) in [5.74, 6) is 1.58. The van der Waals surface area contributed by atoms with E-state index in [1.54, 1.807) is 30.6 Å². The van der Waals surface area contributed by atoms with Crippen molar-refractivity contribution in [2.24, 2.45) is 0 Å². The molecule has 4 rings (SSSR count). The van der Waals surface area contributed by atoms with Gasteiger partial charge in [-0.05, 0) is 29.6 Å². The highest BCUT2D eigenvalue weighted by Crippen LogP contribution is 2.27. The van der Waals surface area contributed by atoms with Crippen LogP contribution in [0.1, 0.15) is 16.8 Å². The van der Waals surface area contributed by atoms with Gasteiger partial charge in [0.1, 0.15) is 11.5 Å². The van der Waals surface area contributed by atoms with E-state index in [4.69, 9.17) is 4.74 Å². The number of phenolic OH excluding ortho intramolecular Hbond substituents is 1. The molecule has 3 aromatic rings. The van der Waals surface area contributed by atoms with Crippen molar-refractivity contribution in [2.75, 3.05) is 13.7 Å². The minimum Gasteiger partial charge on any atom is -0.508 e. The molecule has 0 spiro atoms. The van der Waals surface area contributed by atoms with Gasteiger partial charge < -0.3 is 14.8 Å². The van der Waals surface area contributed by atoms with Gasteiger partial charge in [0.15, 0.2) is 5.82 Å². The van der Waals surface area contributed by atoms with Crippen LogP contribution in [0, 0.1) is 0 Å². The Hall–Kier alpha value is -2.64. The normalized spacial score (nSPS) is 14.2. The van der Waals surface area contributed by atoms with Gasteiger partial charge in [-0.1, -0.05) is 6.07 Å². The van der Waals surface area contributed by atoms with E-state index in [2.05, 4.69) is 14.9 Å². The van der Waals surface area contributed by atoms with Crippen molar-refractivity contribution in [1.82, 2.24) is 14.9 Å². The third kappa shape index (κ3) is 3.23. The van der Waals surface area contributed by atoms with Gasteiger partial charge in [-0.3, -0.25) is 9.69 Å². The number of methoxy groups -OCH3 is 1. The lowest BCUT2D eigenvalue weighted by Gasteiger charge is -2.28. The van der Waals surface area contributed by atoms with E-state index in [1.807, 2.05) is 23.6 Å². The monoisotopic (exact) mass is 369 g/mol. The van der Waals surface area contributed by atoms with Crippen LogP contribution in [0.2, 0.25) is 0 Å². The molecule has 1 aromatic carbocycles. The number of fused-ring (bicyclic) bond motifs is 1. The molecule has 0 saturated carbocycles. The van der Waals surface area contributed by atoms with E-state index in [-0.39, 0.29) is 11.3 Å². The van der Waals surface area contributed by atoms with Crippen LogP contribution in [0.15, 0.2) is 40.5 Å². The minimum absolute atomic E-state index is 0.0852. The summed E-state index contributed by atoms with van der Waals surface area (Å²) >= 11 is 1.56. The highest BCUT2D eigenvalue weighted by molar-refractivity contribution is 7.13. The molecule has 0 atom stereocenters. The number of nitrogens with one attached hydrogen (secondary N) is 1. The van der Waals surface area contributed by atoms with Crippen LogP contribution in [0.3, 0.4) is 0 Å². The average molecular weight is 369 g/mol. The summed E-state index contributed by atoms with van der Waals surface area (Å²) < 4.78 is 5.23. The fourth-order valence-electron chi connectivity index (χ4n) is 3.20. The largest absolute Gasteiger partial charge is 0.508 e. The van der Waals surface area contributed by atoms with Gasteiger partial charge in [0.05, 0.1) is 23.2 Å². The van der Waals surface area contributed by atoms with Crippen LogP contribution in [0.25, 0.3) is 10.7 Å². The first kappa shape index (κ1) is 16.8. The highest BCUT2D eigenvalue weighted by Gasteiger charge is 2.22. The summed E-state index contributed by atoms with van der Waals surface area (Å²) in [4.78, 5) is 23.2. The number of H-pyrrole nitrogens is 1. The van der Waals surface area contributed by atoms with Gasteiger partial charge in [0, 0.05) is 31.6 Å². The van der Waals surface area contributed by atoms with Crippen molar-refractivity contribution in [3.05, 3.63) is 62.9 Å². The Morgan fingerprint density at radius 1 is 1.38 bits per heavy atom. The maximum atomic E-state index is 12.6. The molecule has 1 aliphatic heterocycles. The molecular weight excluding hydrogens is 350 g/mol. The fourth-order valence-corrected chi connectivity index (χ4v) is 3.87. The Balaban J connectivity index is 1.58. The zero-order chi connectivity index (χ0) is 18.1. The maximum Gasteiger partial charge on any atom is 0.255 e. The first-order valence-electron chi connectivity index (χ1n) is 8.38. The number of ether oxygens (including phenoxy) is 1. The van der Waals surface area contributed by atoms with E-state index >= 15 is 0 Å². The number of aromatic hydroxyl groups is 1. The molecule has 1 aliphatic rings. The Morgan fingerprint density at radius 2 is 2.27 bits per heavy atom. The van der Waals surface area contributed by atoms with Crippen LogP contribution in [0.4, 0.5) is 0 Å². The number of phenols is 1. The zero-order valence-corrected chi connectivity index (χ0v) is 15.2. The van der Waals surface area contributed by atoms with E-state index < -0.39 is 0 Å². The minimum atomic E-state index is -0.0852. The molecule has 26 heavy (non-hydrogen) atoms. The Bertz CT molecular complexity index is 982. The van der Waals surface area contributed by atoms with Crippen molar-refractivity contribution in [3.63, 3.8) is 0 Å². The summed E-state index contributed by atoms with van der Waals surface area (Å²) in [6.07, 6.45) is 0.711. The highest BCUT2D eigenvalue weighted by atomic mass is 32.1. The van der Waals surface area contributed by atoms with Gasteiger partial charge in [-0.15, -0.1) is 11.3 Å². The summed E-state index contributed by atoms with van der Waals surface area (Å²) in [5, 5.41) is 12.1. The van der Waals surface area contributed by atoms with Crippen molar-refractivity contribution >= 4 is 11.3 Å². The van der Waals surface area contributed by atoms with Crippen LogP contribution in [-0.2, 0) is 19.5 Å². The fraction of sp³-hybridized carbons (Fsp3) is 0.263. The predicted molar refractivity (Wildman–Crippen MR) is 101 cm³/mol. The van der Waals surface area contributed by atoms with E-state index in [1.165, 1.54) is 0 Å². The molecule has 2 N–H and O–H groups in total. The summed E-state index contributed by atoms with van der Waals surface area (Å²) in [7, 11) is 1.60. The van der Waals surface area contributed by atoms with Crippen LogP contribution in [0.5, 0.6) is 11.5 Å². The van der Waals surface area contributed by atoms with Gasteiger partial charge in [0.2, 0.25) is 0 Å². The summed E-state index contributed by atoms with van der Waals surface area (Å²) in [5.41, 5.74) is 2.27. The molecule has 0 saturated heterocycles. The number of hydrogen-bond donors (Lipinski definition) is 2. The van der Waals surface area contributed by atoms with Gasteiger partial charge >= 0.3 is 0 Å². The standard InChI is InChI=1S/C19H19N3O3S/c1-25-13-4-5-16(23)12(9-13)10-22-7-6-15-14(11-22)19(24)21-18(20-15)17-3-2-8-26-17/h2-5,8-9,23H,6-7,10-11H2,1H3,(H,20,21,24).